The molecule has 0 radical (unpaired) electrons. The second-order valence-electron chi connectivity index (χ2n) is 8.46. The number of nitro benzene ring substituents is 2. The summed E-state index contributed by atoms with van der Waals surface area (Å²) < 4.78 is 7.63. The van der Waals surface area contributed by atoms with Crippen LogP contribution in [0.5, 0.6) is 5.75 Å². The highest BCUT2D eigenvalue weighted by atomic mass is 79.9. The van der Waals surface area contributed by atoms with Crippen molar-refractivity contribution in [1.82, 2.24) is 9.66 Å². The molecule has 0 amide bonds. The molecular weight excluding hydrogens is 582 g/mol. The standard InChI is InChI=1S/C25H19BrClN5O6/c1-14(2)24-29-21-8-5-17(26)10-20(21)25(33)30(24)28-12-16-9-18(27)11-22(32(36)37)23(16)38-13-15-3-6-19(7-4-15)31(34)35/h3-12,14H,13H2,1-2H3. The van der Waals surface area contributed by atoms with Crippen LogP contribution in [-0.4, -0.2) is 25.7 Å². The first-order chi connectivity index (χ1) is 18.0. The predicted octanol–water partition coefficient (Wildman–Crippen LogP) is 6.21. The van der Waals surface area contributed by atoms with E-state index in [1.165, 1.54) is 36.5 Å². The third-order valence-corrected chi connectivity index (χ3v) is 6.16. The van der Waals surface area contributed by atoms with Crippen LogP contribution in [0, 0.1) is 20.2 Å². The van der Waals surface area contributed by atoms with Crippen LogP contribution in [0.3, 0.4) is 0 Å². The Labute approximate surface area is 228 Å². The number of fused-ring (bicyclic) bond motifs is 1. The number of halogens is 2. The second-order valence-corrected chi connectivity index (χ2v) is 9.81. The van der Waals surface area contributed by atoms with E-state index in [9.17, 15) is 25.0 Å². The molecule has 3 aromatic carbocycles. The summed E-state index contributed by atoms with van der Waals surface area (Å²) in [4.78, 5) is 39.4. The highest BCUT2D eigenvalue weighted by Crippen LogP contribution is 2.34. The van der Waals surface area contributed by atoms with Gasteiger partial charge in [0.2, 0.25) is 5.75 Å². The van der Waals surface area contributed by atoms with Gasteiger partial charge in [-0.3, -0.25) is 25.0 Å². The molecule has 0 aliphatic rings. The first-order valence-corrected chi connectivity index (χ1v) is 12.3. The molecule has 4 rings (SSSR count). The molecule has 4 aromatic rings. The van der Waals surface area contributed by atoms with E-state index in [2.05, 4.69) is 26.0 Å². The molecule has 1 aromatic heterocycles. The van der Waals surface area contributed by atoms with Gasteiger partial charge in [0.25, 0.3) is 11.2 Å². The van der Waals surface area contributed by atoms with Gasteiger partial charge in [-0.2, -0.15) is 9.78 Å². The summed E-state index contributed by atoms with van der Waals surface area (Å²) in [5.41, 5.74) is 0.298. The third-order valence-electron chi connectivity index (χ3n) is 5.45. The lowest BCUT2D eigenvalue weighted by Gasteiger charge is -2.13. The average Bonchev–Trinajstić information content (AvgIpc) is 2.87. The van der Waals surface area contributed by atoms with E-state index >= 15 is 0 Å². The van der Waals surface area contributed by atoms with Crippen molar-refractivity contribution >= 4 is 56.0 Å². The van der Waals surface area contributed by atoms with Crippen LogP contribution < -0.4 is 10.3 Å². The van der Waals surface area contributed by atoms with E-state index in [1.54, 1.807) is 18.2 Å². The number of ether oxygens (including phenoxy) is 1. The number of aromatic nitrogens is 2. The van der Waals surface area contributed by atoms with Gasteiger partial charge in [0, 0.05) is 39.2 Å². The smallest absolute Gasteiger partial charge is 0.313 e. The Morgan fingerprint density at radius 3 is 2.45 bits per heavy atom. The van der Waals surface area contributed by atoms with Crippen LogP contribution in [0.15, 0.2) is 69.0 Å². The Kier molecular flexibility index (Phi) is 7.83. The number of nitro groups is 2. The summed E-state index contributed by atoms with van der Waals surface area (Å²) in [5.74, 6) is 0.0996. The molecule has 13 heteroatoms. The Morgan fingerprint density at radius 2 is 1.82 bits per heavy atom. The number of nitrogens with zero attached hydrogens (tertiary/aromatic N) is 5. The zero-order chi connectivity index (χ0) is 27.6. The molecule has 1 heterocycles. The van der Waals surface area contributed by atoms with Crippen LogP contribution >= 0.6 is 27.5 Å². The van der Waals surface area contributed by atoms with Crippen LogP contribution in [-0.2, 0) is 6.61 Å². The summed E-state index contributed by atoms with van der Waals surface area (Å²) >= 11 is 9.51. The van der Waals surface area contributed by atoms with Gasteiger partial charge in [0.15, 0.2) is 0 Å². The van der Waals surface area contributed by atoms with Gasteiger partial charge < -0.3 is 4.74 Å². The molecule has 0 aliphatic heterocycles. The SMILES string of the molecule is CC(C)c1nc2ccc(Br)cc2c(=O)n1N=Cc1cc(Cl)cc([N+](=O)[O-])c1OCc1ccc([N+](=O)[O-])cc1. The zero-order valence-electron chi connectivity index (χ0n) is 20.0. The van der Waals surface area contributed by atoms with Gasteiger partial charge in [0.1, 0.15) is 12.4 Å². The fraction of sp³-hybridized carbons (Fsp3) is 0.160. The maximum absolute atomic E-state index is 13.3. The molecule has 11 nitrogen and oxygen atoms in total. The minimum absolute atomic E-state index is 0.0674. The third kappa shape index (κ3) is 5.71. The van der Waals surface area contributed by atoms with Crippen LogP contribution in [0.1, 0.15) is 36.7 Å². The largest absolute Gasteiger partial charge is 0.481 e. The van der Waals surface area contributed by atoms with Gasteiger partial charge in [-0.1, -0.05) is 41.4 Å². The molecule has 0 spiro atoms. The van der Waals surface area contributed by atoms with Crippen molar-refractivity contribution in [3.63, 3.8) is 0 Å². The van der Waals surface area contributed by atoms with Crippen molar-refractivity contribution in [2.75, 3.05) is 0 Å². The highest BCUT2D eigenvalue weighted by Gasteiger charge is 2.21. The number of hydrogen-bond donors (Lipinski definition) is 0. The summed E-state index contributed by atoms with van der Waals surface area (Å²) in [6.45, 7) is 3.60. The van der Waals surface area contributed by atoms with E-state index in [1.807, 2.05) is 13.8 Å². The molecule has 0 fully saturated rings. The molecule has 0 bridgehead atoms. The topological polar surface area (TPSA) is 143 Å². The van der Waals surface area contributed by atoms with Gasteiger partial charge >= 0.3 is 5.69 Å². The first kappa shape index (κ1) is 26.9. The fourth-order valence-electron chi connectivity index (χ4n) is 3.63. The van der Waals surface area contributed by atoms with Crippen LogP contribution in [0.2, 0.25) is 5.02 Å². The highest BCUT2D eigenvalue weighted by molar-refractivity contribution is 9.10. The van der Waals surface area contributed by atoms with Crippen molar-refractivity contribution in [2.45, 2.75) is 26.4 Å². The zero-order valence-corrected chi connectivity index (χ0v) is 22.3. The predicted molar refractivity (Wildman–Crippen MR) is 146 cm³/mol. The summed E-state index contributed by atoms with van der Waals surface area (Å²) in [5, 5.41) is 27.4. The van der Waals surface area contributed by atoms with E-state index in [0.717, 1.165) is 10.7 Å². The van der Waals surface area contributed by atoms with Gasteiger partial charge in [-0.05, 0) is 42.0 Å². The molecule has 0 unspecified atom stereocenters. The van der Waals surface area contributed by atoms with Crippen molar-refractivity contribution in [3.05, 3.63) is 112 Å². The van der Waals surface area contributed by atoms with Crippen molar-refractivity contribution in [2.24, 2.45) is 5.10 Å². The lowest BCUT2D eigenvalue weighted by Crippen LogP contribution is -2.23. The normalized spacial score (nSPS) is 11.4. The lowest BCUT2D eigenvalue weighted by molar-refractivity contribution is -0.386. The van der Waals surface area contributed by atoms with E-state index < -0.39 is 21.1 Å². The van der Waals surface area contributed by atoms with Gasteiger partial charge in [-0.25, -0.2) is 4.98 Å². The summed E-state index contributed by atoms with van der Waals surface area (Å²) in [6.07, 6.45) is 1.25. The molecule has 0 saturated carbocycles. The van der Waals surface area contributed by atoms with Crippen LogP contribution in [0.25, 0.3) is 10.9 Å². The van der Waals surface area contributed by atoms with E-state index in [4.69, 9.17) is 16.3 Å². The molecule has 0 aliphatic carbocycles. The van der Waals surface area contributed by atoms with E-state index in [-0.39, 0.29) is 34.5 Å². The van der Waals surface area contributed by atoms with Crippen molar-refractivity contribution in [1.29, 1.82) is 0 Å². The molecule has 0 saturated heterocycles. The molecule has 38 heavy (non-hydrogen) atoms. The number of benzene rings is 3. The van der Waals surface area contributed by atoms with Crippen molar-refractivity contribution in [3.8, 4) is 5.75 Å². The summed E-state index contributed by atoms with van der Waals surface area (Å²) in [6, 6.07) is 13.3. The van der Waals surface area contributed by atoms with Crippen LogP contribution in [0.4, 0.5) is 11.4 Å². The summed E-state index contributed by atoms with van der Waals surface area (Å²) in [7, 11) is 0. The number of hydrogen-bond acceptors (Lipinski definition) is 8. The monoisotopic (exact) mass is 599 g/mol. The van der Waals surface area contributed by atoms with Gasteiger partial charge in [-0.15, -0.1) is 0 Å². The minimum Gasteiger partial charge on any atom is -0.481 e. The average molecular weight is 601 g/mol. The van der Waals surface area contributed by atoms with E-state index in [0.29, 0.717) is 26.8 Å². The molecule has 0 atom stereocenters. The maximum atomic E-state index is 13.3. The van der Waals surface area contributed by atoms with Gasteiger partial charge in [0.05, 0.1) is 27.0 Å². The van der Waals surface area contributed by atoms with Crippen molar-refractivity contribution < 1.29 is 14.6 Å². The Hall–Kier alpha value is -4.16. The quantitative estimate of drug-likeness (QED) is 0.133. The molecule has 194 valence electrons. The fourth-order valence-corrected chi connectivity index (χ4v) is 4.21. The first-order valence-electron chi connectivity index (χ1n) is 11.2. The second kappa shape index (κ2) is 11.1. The minimum atomic E-state index is -0.644. The Bertz CT molecular complexity index is 1650. The molecule has 0 N–H and O–H groups in total. The molecular formula is C25H19BrClN5O6. The number of rotatable bonds is 8. The lowest BCUT2D eigenvalue weighted by atomic mass is 10.1. The Morgan fingerprint density at radius 1 is 1.11 bits per heavy atom. The maximum Gasteiger partial charge on any atom is 0.313 e. The number of non-ortho nitro benzene ring substituents is 1. The Balaban J connectivity index is 1.79.